The van der Waals surface area contributed by atoms with E-state index in [0.717, 1.165) is 18.8 Å². The predicted octanol–water partition coefficient (Wildman–Crippen LogP) is 6.93. The van der Waals surface area contributed by atoms with Crippen molar-refractivity contribution in [1.29, 1.82) is 0 Å². The highest BCUT2D eigenvalue weighted by Crippen LogP contribution is 2.23. The van der Waals surface area contributed by atoms with Crippen molar-refractivity contribution < 1.29 is 8.85 Å². The monoisotopic (exact) mass is 350 g/mol. The third-order valence-electron chi connectivity index (χ3n) is 4.40. The Labute approximate surface area is 151 Å². The van der Waals surface area contributed by atoms with Gasteiger partial charge >= 0.3 is 8.56 Å². The van der Waals surface area contributed by atoms with Gasteiger partial charge in [-0.2, -0.15) is 0 Å². The molecule has 1 aromatic carbocycles. The lowest BCUT2D eigenvalue weighted by atomic mass is 10.1. The van der Waals surface area contributed by atoms with Gasteiger partial charge in [-0.1, -0.05) is 70.4 Å². The number of hydrogen-bond acceptors (Lipinski definition) is 2. The van der Waals surface area contributed by atoms with E-state index in [4.69, 9.17) is 8.85 Å². The Balaban J connectivity index is 2.14. The maximum atomic E-state index is 6.21. The average Bonchev–Trinajstić information content (AvgIpc) is 2.52. The summed E-state index contributed by atoms with van der Waals surface area (Å²) < 4.78 is 12.3. The lowest BCUT2D eigenvalue weighted by Crippen LogP contribution is -2.38. The van der Waals surface area contributed by atoms with Crippen LogP contribution in [0.4, 0.5) is 0 Å². The van der Waals surface area contributed by atoms with E-state index >= 15 is 0 Å². The molecule has 0 amide bonds. The quantitative estimate of drug-likeness (QED) is 0.283. The van der Waals surface area contributed by atoms with E-state index in [1.165, 1.54) is 62.5 Å². The van der Waals surface area contributed by atoms with Crippen molar-refractivity contribution in [3.63, 3.8) is 0 Å². The zero-order valence-electron chi connectivity index (χ0n) is 16.6. The van der Waals surface area contributed by atoms with Crippen LogP contribution in [-0.4, -0.2) is 15.2 Å². The molecule has 0 aliphatic heterocycles. The van der Waals surface area contributed by atoms with Crippen molar-refractivity contribution in [1.82, 2.24) is 0 Å². The second-order valence-electron chi connectivity index (χ2n) is 7.45. The van der Waals surface area contributed by atoms with Crippen LogP contribution in [0.3, 0.4) is 0 Å². The highest BCUT2D eigenvalue weighted by atomic mass is 28.4. The first kappa shape index (κ1) is 21.2. The first-order chi connectivity index (χ1) is 11.4. The first-order valence-electron chi connectivity index (χ1n) is 9.85. The summed E-state index contributed by atoms with van der Waals surface area (Å²) in [5, 5.41) is 0. The summed E-state index contributed by atoms with van der Waals surface area (Å²) in [6.45, 7) is 11.6. The smallest absolute Gasteiger partial charge is 0.392 e. The second kappa shape index (κ2) is 11.7. The normalized spacial score (nSPS) is 11.7. The van der Waals surface area contributed by atoms with Gasteiger partial charge < -0.3 is 8.85 Å². The minimum Gasteiger partial charge on any atom is -0.520 e. The van der Waals surface area contributed by atoms with Crippen LogP contribution < -0.4 is 4.43 Å². The molecule has 0 aliphatic rings. The molecule has 24 heavy (non-hydrogen) atoms. The van der Waals surface area contributed by atoms with Crippen LogP contribution in [0.5, 0.6) is 5.75 Å². The van der Waals surface area contributed by atoms with E-state index < -0.39 is 8.56 Å². The Morgan fingerprint density at radius 1 is 0.833 bits per heavy atom. The number of benzene rings is 1. The van der Waals surface area contributed by atoms with Crippen LogP contribution in [0.15, 0.2) is 18.2 Å². The number of unbranched alkanes of at least 4 members (excludes halogenated alkanes) is 8. The molecule has 1 aromatic rings. The molecule has 2 nitrogen and oxygen atoms in total. The summed E-state index contributed by atoms with van der Waals surface area (Å²) in [4.78, 5) is 0. The molecule has 0 saturated carbocycles. The van der Waals surface area contributed by atoms with Crippen molar-refractivity contribution >= 4 is 8.56 Å². The predicted molar refractivity (Wildman–Crippen MR) is 107 cm³/mol. The molecule has 0 heterocycles. The molecule has 0 radical (unpaired) electrons. The number of aryl methyl sites for hydroxylation is 2. The highest BCUT2D eigenvalue weighted by Gasteiger charge is 2.27. The largest absolute Gasteiger partial charge is 0.520 e. The van der Waals surface area contributed by atoms with Gasteiger partial charge in [0.05, 0.1) is 0 Å². The molecule has 0 unspecified atom stereocenters. The van der Waals surface area contributed by atoms with Crippen molar-refractivity contribution in [3.8, 4) is 5.75 Å². The summed E-state index contributed by atoms with van der Waals surface area (Å²) >= 11 is 0. The molecule has 0 aliphatic carbocycles. The van der Waals surface area contributed by atoms with Gasteiger partial charge in [0, 0.05) is 6.61 Å². The maximum absolute atomic E-state index is 6.21. The van der Waals surface area contributed by atoms with Crippen molar-refractivity contribution in [2.75, 3.05) is 6.61 Å². The number of rotatable bonds is 13. The van der Waals surface area contributed by atoms with Gasteiger partial charge in [-0.15, -0.1) is 0 Å². The third kappa shape index (κ3) is 9.48. The van der Waals surface area contributed by atoms with Gasteiger partial charge in [0.15, 0.2) is 0 Å². The van der Waals surface area contributed by atoms with Crippen molar-refractivity contribution in [2.45, 2.75) is 91.7 Å². The summed E-state index contributed by atoms with van der Waals surface area (Å²) in [5.74, 6) is 0.985. The summed E-state index contributed by atoms with van der Waals surface area (Å²) in [5.41, 5.74) is 2.42. The molecule has 0 N–H and O–H groups in total. The molecule has 3 heteroatoms. The van der Waals surface area contributed by atoms with Gasteiger partial charge in [0.1, 0.15) is 5.75 Å². The minimum atomic E-state index is -2.09. The highest BCUT2D eigenvalue weighted by molar-refractivity contribution is 6.65. The molecule has 0 saturated heterocycles. The van der Waals surface area contributed by atoms with Crippen molar-refractivity contribution in [3.05, 3.63) is 29.3 Å². The fourth-order valence-electron chi connectivity index (χ4n) is 2.84. The summed E-state index contributed by atoms with van der Waals surface area (Å²) in [7, 11) is -2.09. The van der Waals surface area contributed by atoms with Crippen LogP contribution in [0, 0.1) is 13.8 Å². The van der Waals surface area contributed by atoms with Gasteiger partial charge in [-0.05, 0) is 50.6 Å². The maximum Gasteiger partial charge on any atom is 0.392 e. The minimum absolute atomic E-state index is 0.833. The molecule has 0 bridgehead atoms. The van der Waals surface area contributed by atoms with E-state index in [-0.39, 0.29) is 0 Å². The van der Waals surface area contributed by atoms with Crippen LogP contribution in [0.25, 0.3) is 0 Å². The van der Waals surface area contributed by atoms with E-state index in [2.05, 4.69) is 52.1 Å². The fraction of sp³-hybridized carbons (Fsp3) is 0.714. The molecule has 138 valence electrons. The standard InChI is InChI=1S/C21H38O2Si/c1-6-7-8-9-10-11-12-13-14-17-22-24(4,5)23-21-18-19(2)15-16-20(21)3/h15-16,18H,6-14,17H2,1-5H3. The zero-order chi connectivity index (χ0) is 17.8. The molecule has 0 atom stereocenters. The third-order valence-corrected chi connectivity index (χ3v) is 6.01. The van der Waals surface area contributed by atoms with Crippen LogP contribution in [0.1, 0.15) is 75.8 Å². The van der Waals surface area contributed by atoms with Gasteiger partial charge in [-0.3, -0.25) is 0 Å². The van der Waals surface area contributed by atoms with E-state index in [1.54, 1.807) is 0 Å². The number of hydrogen-bond donors (Lipinski definition) is 0. The Bertz CT molecular complexity index is 457. The lowest BCUT2D eigenvalue weighted by molar-refractivity contribution is 0.240. The molecule has 0 spiro atoms. The van der Waals surface area contributed by atoms with Crippen LogP contribution in [0.2, 0.25) is 13.1 Å². The van der Waals surface area contributed by atoms with Gasteiger partial charge in [-0.25, -0.2) is 0 Å². The Morgan fingerprint density at radius 3 is 2.04 bits per heavy atom. The van der Waals surface area contributed by atoms with E-state index in [1.807, 2.05) is 0 Å². The molecule has 1 rings (SSSR count). The summed E-state index contributed by atoms with van der Waals surface area (Å²) in [6.07, 6.45) is 12.1. The lowest BCUT2D eigenvalue weighted by Gasteiger charge is -2.25. The van der Waals surface area contributed by atoms with Gasteiger partial charge in [0.2, 0.25) is 0 Å². The van der Waals surface area contributed by atoms with Crippen LogP contribution >= 0.6 is 0 Å². The molecular weight excluding hydrogens is 312 g/mol. The van der Waals surface area contributed by atoms with Crippen LogP contribution in [-0.2, 0) is 4.43 Å². The van der Waals surface area contributed by atoms with E-state index in [0.29, 0.717) is 0 Å². The van der Waals surface area contributed by atoms with Crippen molar-refractivity contribution in [2.24, 2.45) is 0 Å². The average molecular weight is 351 g/mol. The zero-order valence-corrected chi connectivity index (χ0v) is 17.6. The summed E-state index contributed by atoms with van der Waals surface area (Å²) in [6, 6.07) is 6.36. The topological polar surface area (TPSA) is 18.5 Å². The molecule has 0 fully saturated rings. The SMILES string of the molecule is CCCCCCCCCCCO[Si](C)(C)Oc1cc(C)ccc1C. The Hall–Kier alpha value is -0.803. The Morgan fingerprint density at radius 2 is 1.42 bits per heavy atom. The van der Waals surface area contributed by atoms with Gasteiger partial charge in [0.25, 0.3) is 0 Å². The van der Waals surface area contributed by atoms with E-state index in [9.17, 15) is 0 Å². The Kier molecular flexibility index (Phi) is 10.4. The second-order valence-corrected chi connectivity index (χ2v) is 10.7. The molecule has 0 aromatic heterocycles. The molecular formula is C21H38O2Si. The first-order valence-corrected chi connectivity index (χ1v) is 12.7. The fourth-order valence-corrected chi connectivity index (χ4v) is 4.29.